The van der Waals surface area contributed by atoms with Gasteiger partial charge in [-0.1, -0.05) is 6.07 Å². The first-order chi connectivity index (χ1) is 8.70. The van der Waals surface area contributed by atoms with Crippen LogP contribution in [0.15, 0.2) is 18.2 Å². The van der Waals surface area contributed by atoms with Crippen molar-refractivity contribution in [3.63, 3.8) is 0 Å². The molecule has 1 aromatic rings. The summed E-state index contributed by atoms with van der Waals surface area (Å²) >= 11 is 0. The van der Waals surface area contributed by atoms with Crippen LogP contribution in [0.3, 0.4) is 0 Å². The second-order valence-corrected chi connectivity index (χ2v) is 7.07. The standard InChI is InChI=1S/C17H23N/c1-10-2-3-15(18)9-16(10)17-13-5-11-4-12(7-13)8-14(17)6-11/h2-3,9,11-14,17H,4-8,18H2,1H3. The van der Waals surface area contributed by atoms with Crippen molar-refractivity contribution in [1.29, 1.82) is 0 Å². The largest absolute Gasteiger partial charge is 0.399 e. The minimum Gasteiger partial charge on any atom is -0.399 e. The second-order valence-electron chi connectivity index (χ2n) is 7.07. The Labute approximate surface area is 110 Å². The van der Waals surface area contributed by atoms with Crippen LogP contribution in [0.5, 0.6) is 0 Å². The van der Waals surface area contributed by atoms with Crippen molar-refractivity contribution in [1.82, 2.24) is 0 Å². The molecule has 0 aromatic heterocycles. The highest BCUT2D eigenvalue weighted by molar-refractivity contribution is 5.46. The van der Waals surface area contributed by atoms with Gasteiger partial charge in [-0.2, -0.15) is 0 Å². The second kappa shape index (κ2) is 3.76. The average molecular weight is 241 g/mol. The minimum absolute atomic E-state index is 0.821. The molecule has 18 heavy (non-hydrogen) atoms. The fourth-order valence-corrected chi connectivity index (χ4v) is 5.45. The zero-order valence-electron chi connectivity index (χ0n) is 11.2. The Morgan fingerprint density at radius 2 is 1.56 bits per heavy atom. The monoisotopic (exact) mass is 241 g/mol. The molecule has 2 N–H and O–H groups in total. The Morgan fingerprint density at radius 3 is 2.17 bits per heavy atom. The summed E-state index contributed by atoms with van der Waals surface area (Å²) in [5, 5.41) is 0. The Balaban J connectivity index is 1.74. The lowest BCUT2D eigenvalue weighted by Gasteiger charge is -2.55. The summed E-state index contributed by atoms with van der Waals surface area (Å²) in [6.07, 6.45) is 7.51. The van der Waals surface area contributed by atoms with Crippen LogP contribution >= 0.6 is 0 Å². The maximum absolute atomic E-state index is 6.02. The number of hydrogen-bond acceptors (Lipinski definition) is 1. The van der Waals surface area contributed by atoms with Gasteiger partial charge in [-0.05, 0) is 91.9 Å². The minimum atomic E-state index is 0.821. The molecule has 0 heterocycles. The number of nitrogen functional groups attached to an aromatic ring is 1. The summed E-state index contributed by atoms with van der Waals surface area (Å²) in [4.78, 5) is 0. The molecule has 4 aliphatic rings. The zero-order valence-corrected chi connectivity index (χ0v) is 11.2. The van der Waals surface area contributed by atoms with Crippen LogP contribution in [0.25, 0.3) is 0 Å². The van der Waals surface area contributed by atoms with Gasteiger partial charge in [0.25, 0.3) is 0 Å². The molecule has 1 heteroatoms. The van der Waals surface area contributed by atoms with Gasteiger partial charge in [0.1, 0.15) is 0 Å². The van der Waals surface area contributed by atoms with Crippen LogP contribution in [0.4, 0.5) is 5.69 Å². The van der Waals surface area contributed by atoms with E-state index in [-0.39, 0.29) is 0 Å². The van der Waals surface area contributed by atoms with Gasteiger partial charge in [0.05, 0.1) is 0 Å². The SMILES string of the molecule is Cc1ccc(N)cc1C1C2CC3CC(C2)CC1C3. The Bertz CT molecular complexity index is 448. The van der Waals surface area contributed by atoms with Crippen LogP contribution in [0.2, 0.25) is 0 Å². The third-order valence-electron chi connectivity index (χ3n) is 5.89. The summed E-state index contributed by atoms with van der Waals surface area (Å²) in [6, 6.07) is 6.53. The maximum Gasteiger partial charge on any atom is 0.0317 e. The fourth-order valence-electron chi connectivity index (χ4n) is 5.45. The van der Waals surface area contributed by atoms with E-state index in [0.29, 0.717) is 0 Å². The molecule has 0 radical (unpaired) electrons. The molecule has 0 amide bonds. The number of rotatable bonds is 1. The lowest BCUT2D eigenvalue weighted by molar-refractivity contribution is -0.00295. The van der Waals surface area contributed by atoms with Gasteiger partial charge in [-0.15, -0.1) is 0 Å². The quantitative estimate of drug-likeness (QED) is 0.735. The summed E-state index contributed by atoms with van der Waals surface area (Å²) in [5.74, 6) is 4.86. The van der Waals surface area contributed by atoms with Crippen LogP contribution in [-0.4, -0.2) is 0 Å². The summed E-state index contributed by atoms with van der Waals surface area (Å²) in [7, 11) is 0. The molecule has 0 saturated heterocycles. The molecule has 4 bridgehead atoms. The van der Waals surface area contributed by atoms with Crippen molar-refractivity contribution in [2.75, 3.05) is 5.73 Å². The molecule has 4 saturated carbocycles. The number of aryl methyl sites for hydroxylation is 1. The summed E-state index contributed by atoms with van der Waals surface area (Å²) in [6.45, 7) is 2.26. The number of anilines is 1. The van der Waals surface area contributed by atoms with E-state index >= 15 is 0 Å². The molecule has 1 nitrogen and oxygen atoms in total. The average Bonchev–Trinajstić information content (AvgIpc) is 2.32. The van der Waals surface area contributed by atoms with Gasteiger partial charge in [-0.25, -0.2) is 0 Å². The highest BCUT2D eigenvalue weighted by Crippen LogP contribution is 2.60. The van der Waals surface area contributed by atoms with E-state index in [1.54, 1.807) is 5.56 Å². The topological polar surface area (TPSA) is 26.0 Å². The first kappa shape index (κ1) is 10.9. The zero-order chi connectivity index (χ0) is 12.3. The van der Waals surface area contributed by atoms with E-state index in [1.807, 2.05) is 0 Å². The van der Waals surface area contributed by atoms with Crippen molar-refractivity contribution in [3.8, 4) is 0 Å². The van der Waals surface area contributed by atoms with Crippen molar-refractivity contribution >= 4 is 5.69 Å². The normalized spacial score (nSPS) is 41.3. The maximum atomic E-state index is 6.02. The van der Waals surface area contributed by atoms with Crippen molar-refractivity contribution in [2.45, 2.75) is 44.9 Å². The first-order valence-corrected chi connectivity index (χ1v) is 7.56. The predicted octanol–water partition coefficient (Wildman–Crippen LogP) is 4.12. The lowest BCUT2D eigenvalue weighted by Crippen LogP contribution is -2.44. The molecular weight excluding hydrogens is 218 g/mol. The Morgan fingerprint density at radius 1 is 0.944 bits per heavy atom. The van der Waals surface area contributed by atoms with Crippen molar-refractivity contribution in [2.24, 2.45) is 23.7 Å². The molecule has 1 aromatic carbocycles. The van der Waals surface area contributed by atoms with E-state index in [4.69, 9.17) is 5.73 Å². The lowest BCUT2D eigenvalue weighted by atomic mass is 9.50. The molecule has 0 spiro atoms. The molecule has 0 unspecified atom stereocenters. The van der Waals surface area contributed by atoms with E-state index < -0.39 is 0 Å². The number of nitrogens with two attached hydrogens (primary N) is 1. The fraction of sp³-hybridized carbons (Fsp3) is 0.647. The van der Waals surface area contributed by atoms with Gasteiger partial charge in [0.15, 0.2) is 0 Å². The van der Waals surface area contributed by atoms with E-state index in [1.165, 1.54) is 37.7 Å². The van der Waals surface area contributed by atoms with Gasteiger partial charge in [0, 0.05) is 5.69 Å². The molecule has 4 aliphatic carbocycles. The highest BCUT2D eigenvalue weighted by atomic mass is 14.6. The molecule has 96 valence electrons. The van der Waals surface area contributed by atoms with Crippen molar-refractivity contribution < 1.29 is 0 Å². The van der Waals surface area contributed by atoms with Crippen molar-refractivity contribution in [3.05, 3.63) is 29.3 Å². The summed E-state index contributed by atoms with van der Waals surface area (Å²) < 4.78 is 0. The van der Waals surface area contributed by atoms with Crippen LogP contribution in [0.1, 0.15) is 49.1 Å². The number of hydrogen-bond donors (Lipinski definition) is 1. The van der Waals surface area contributed by atoms with Crippen LogP contribution in [-0.2, 0) is 0 Å². The van der Waals surface area contributed by atoms with Gasteiger partial charge >= 0.3 is 0 Å². The van der Waals surface area contributed by atoms with E-state index in [0.717, 1.165) is 35.3 Å². The van der Waals surface area contributed by atoms with Crippen LogP contribution in [0, 0.1) is 30.6 Å². The molecular formula is C17H23N. The number of benzene rings is 1. The first-order valence-electron chi connectivity index (χ1n) is 7.56. The van der Waals surface area contributed by atoms with E-state index in [2.05, 4.69) is 25.1 Å². The highest BCUT2D eigenvalue weighted by Gasteiger charge is 2.48. The molecule has 0 aliphatic heterocycles. The van der Waals surface area contributed by atoms with E-state index in [9.17, 15) is 0 Å². The smallest absolute Gasteiger partial charge is 0.0317 e. The third kappa shape index (κ3) is 1.52. The Hall–Kier alpha value is -0.980. The van der Waals surface area contributed by atoms with Gasteiger partial charge < -0.3 is 5.73 Å². The van der Waals surface area contributed by atoms with Gasteiger partial charge in [0.2, 0.25) is 0 Å². The Kier molecular flexibility index (Phi) is 2.27. The van der Waals surface area contributed by atoms with Crippen LogP contribution < -0.4 is 5.73 Å². The van der Waals surface area contributed by atoms with Gasteiger partial charge in [-0.3, -0.25) is 0 Å². The molecule has 0 atom stereocenters. The molecule has 5 rings (SSSR count). The third-order valence-corrected chi connectivity index (χ3v) is 5.89. The predicted molar refractivity (Wildman–Crippen MR) is 75.4 cm³/mol. The summed E-state index contributed by atoms with van der Waals surface area (Å²) in [5.41, 5.74) is 10.0. The molecule has 4 fully saturated rings.